The lowest BCUT2D eigenvalue weighted by Gasteiger charge is -2.12. The SMILES string of the molecule is CS(=O)(=O)O.CS(=O)(=O)O.CS(=O)CCNCc1ccc(-c2ccc3ncnc(Nc4ccc(OCc5cccc(F)c5)c(Cl)c4)c3c2)o1. The monoisotopic (exact) mass is 756 g/mol. The van der Waals surface area contributed by atoms with Crippen LogP contribution in [0.25, 0.3) is 22.2 Å². The lowest BCUT2D eigenvalue weighted by Crippen LogP contribution is -2.19. The van der Waals surface area contributed by atoms with Crippen LogP contribution in [-0.4, -0.2) is 71.2 Å². The van der Waals surface area contributed by atoms with E-state index in [1.807, 2.05) is 36.4 Å². The maximum Gasteiger partial charge on any atom is 0.261 e. The minimum Gasteiger partial charge on any atom is -0.487 e. The summed E-state index contributed by atoms with van der Waals surface area (Å²) < 4.78 is 88.2. The summed E-state index contributed by atoms with van der Waals surface area (Å²) in [5.41, 5.74) is 3.10. The van der Waals surface area contributed by atoms with Gasteiger partial charge in [-0.05, 0) is 66.2 Å². The molecule has 13 nitrogen and oxygen atoms in total. The van der Waals surface area contributed by atoms with Gasteiger partial charge in [0, 0.05) is 46.0 Å². The summed E-state index contributed by atoms with van der Waals surface area (Å²) in [6, 6.07) is 21.3. The van der Waals surface area contributed by atoms with E-state index in [0.717, 1.165) is 33.7 Å². The van der Waals surface area contributed by atoms with Gasteiger partial charge in [0.2, 0.25) is 0 Å². The number of anilines is 2. The van der Waals surface area contributed by atoms with Crippen molar-refractivity contribution in [2.75, 3.05) is 36.4 Å². The van der Waals surface area contributed by atoms with Crippen molar-refractivity contribution >= 4 is 65.0 Å². The molecule has 4 N–H and O–H groups in total. The predicted molar refractivity (Wildman–Crippen MR) is 188 cm³/mol. The van der Waals surface area contributed by atoms with E-state index < -0.39 is 31.0 Å². The third-order valence-corrected chi connectivity index (χ3v) is 7.00. The summed E-state index contributed by atoms with van der Waals surface area (Å²) in [7, 11) is -8.16. The van der Waals surface area contributed by atoms with Crippen LogP contribution in [0.4, 0.5) is 15.9 Å². The average molecular weight is 757 g/mol. The maximum atomic E-state index is 13.4. The summed E-state index contributed by atoms with van der Waals surface area (Å²) in [5, 5.41) is 7.79. The van der Waals surface area contributed by atoms with E-state index in [2.05, 4.69) is 20.6 Å². The third-order valence-electron chi connectivity index (χ3n) is 5.93. The molecule has 0 saturated carbocycles. The van der Waals surface area contributed by atoms with Crippen LogP contribution >= 0.6 is 11.6 Å². The predicted octanol–water partition coefficient (Wildman–Crippen LogP) is 5.48. The molecule has 0 saturated heterocycles. The molecule has 1 atom stereocenters. The van der Waals surface area contributed by atoms with Gasteiger partial charge in [0.25, 0.3) is 20.2 Å². The standard InChI is InChI=1S/C29H26ClFN4O3S.2CH4O3S/c1-39(36)12-11-32-16-23-7-10-27(38-23)20-5-8-26-24(14-20)29(34-18-33-26)35-22-6-9-28(25(30)15-22)37-17-19-3-2-4-21(31)13-19;2*1-5(2,3)4/h2-10,13-15,18,32H,11-12,16-17H2,1H3,(H,33,34,35);2*1H3,(H,2,3,4). The third kappa shape index (κ3) is 15.4. The van der Waals surface area contributed by atoms with Crippen LogP contribution in [0.15, 0.2) is 83.5 Å². The van der Waals surface area contributed by atoms with Gasteiger partial charge in [0.05, 0.1) is 29.6 Å². The minimum atomic E-state index is -3.67. The Kier molecular flexibility index (Phi) is 14.6. The van der Waals surface area contributed by atoms with Crippen LogP contribution in [0, 0.1) is 5.82 Å². The Morgan fingerprint density at radius 3 is 2.33 bits per heavy atom. The van der Waals surface area contributed by atoms with Gasteiger partial charge in [0.1, 0.15) is 41.8 Å². The lowest BCUT2D eigenvalue weighted by molar-refractivity contribution is 0.306. The molecule has 0 spiro atoms. The van der Waals surface area contributed by atoms with E-state index in [1.165, 1.54) is 18.5 Å². The number of aromatic nitrogens is 2. The number of nitrogens with one attached hydrogen (secondary N) is 2. The first-order chi connectivity index (χ1) is 22.9. The van der Waals surface area contributed by atoms with Gasteiger partial charge in [-0.1, -0.05) is 23.7 Å². The highest BCUT2D eigenvalue weighted by atomic mass is 35.5. The average Bonchev–Trinajstić information content (AvgIpc) is 3.46. The largest absolute Gasteiger partial charge is 0.487 e. The van der Waals surface area contributed by atoms with E-state index >= 15 is 0 Å². The summed E-state index contributed by atoms with van der Waals surface area (Å²) in [6.07, 6.45) is 4.62. The van der Waals surface area contributed by atoms with Crippen molar-refractivity contribution < 1.29 is 43.7 Å². The number of hydrogen-bond donors (Lipinski definition) is 4. The molecule has 0 fully saturated rings. The van der Waals surface area contributed by atoms with Crippen molar-refractivity contribution in [3.05, 3.63) is 101 Å². The molecule has 0 amide bonds. The highest BCUT2D eigenvalue weighted by Crippen LogP contribution is 2.32. The second-order valence-electron chi connectivity index (χ2n) is 10.3. The van der Waals surface area contributed by atoms with E-state index in [9.17, 15) is 25.4 Å². The molecule has 18 heteroatoms. The molecule has 0 bridgehead atoms. The molecule has 0 aliphatic heterocycles. The van der Waals surface area contributed by atoms with Gasteiger partial charge in [-0.2, -0.15) is 16.8 Å². The zero-order valence-electron chi connectivity index (χ0n) is 26.5. The Morgan fingerprint density at radius 2 is 1.67 bits per heavy atom. The number of hydrogen-bond acceptors (Lipinski definition) is 11. The van der Waals surface area contributed by atoms with E-state index in [-0.39, 0.29) is 12.4 Å². The first kappa shape index (κ1) is 39.5. The highest BCUT2D eigenvalue weighted by molar-refractivity contribution is 7.85. The Morgan fingerprint density at radius 1 is 0.959 bits per heavy atom. The number of furan rings is 1. The molecule has 264 valence electrons. The number of ether oxygens (including phenoxy) is 1. The number of halogens is 2. The highest BCUT2D eigenvalue weighted by Gasteiger charge is 2.11. The molecule has 5 aromatic rings. The summed E-state index contributed by atoms with van der Waals surface area (Å²) in [5.74, 6) is 2.92. The summed E-state index contributed by atoms with van der Waals surface area (Å²) >= 11 is 6.48. The smallest absolute Gasteiger partial charge is 0.261 e. The zero-order valence-corrected chi connectivity index (χ0v) is 29.7. The molecular formula is C31H34ClFN4O9S3. The van der Waals surface area contributed by atoms with Crippen LogP contribution in [0.1, 0.15) is 11.3 Å². The van der Waals surface area contributed by atoms with Gasteiger partial charge in [-0.3, -0.25) is 13.3 Å². The quantitative estimate of drug-likeness (QED) is 0.0977. The van der Waals surface area contributed by atoms with Crippen molar-refractivity contribution in [2.45, 2.75) is 13.2 Å². The van der Waals surface area contributed by atoms with Gasteiger partial charge in [-0.25, -0.2) is 14.4 Å². The van der Waals surface area contributed by atoms with Crippen LogP contribution in [-0.2, 0) is 44.2 Å². The van der Waals surface area contributed by atoms with E-state index in [4.69, 9.17) is 29.9 Å². The van der Waals surface area contributed by atoms with Crippen molar-refractivity contribution in [3.8, 4) is 17.1 Å². The molecule has 0 aliphatic rings. The molecule has 2 aromatic heterocycles. The fourth-order valence-electron chi connectivity index (χ4n) is 3.99. The fraction of sp³-hybridized carbons (Fsp3) is 0.226. The number of rotatable bonds is 11. The van der Waals surface area contributed by atoms with Gasteiger partial charge in [0.15, 0.2) is 0 Å². The molecule has 5 rings (SSSR count). The molecule has 3 aromatic carbocycles. The van der Waals surface area contributed by atoms with Gasteiger partial charge in [-0.15, -0.1) is 0 Å². The molecule has 2 heterocycles. The van der Waals surface area contributed by atoms with Crippen LogP contribution < -0.4 is 15.4 Å². The lowest BCUT2D eigenvalue weighted by atomic mass is 10.1. The molecule has 0 radical (unpaired) electrons. The minimum absolute atomic E-state index is 0.202. The Bertz CT molecular complexity index is 2070. The maximum absolute atomic E-state index is 13.4. The Hall–Kier alpha value is -3.97. The van der Waals surface area contributed by atoms with Crippen molar-refractivity contribution in [2.24, 2.45) is 0 Å². The van der Waals surface area contributed by atoms with Crippen molar-refractivity contribution in [1.29, 1.82) is 0 Å². The molecule has 1 unspecified atom stereocenters. The Labute approximate surface area is 290 Å². The summed E-state index contributed by atoms with van der Waals surface area (Å²) in [6.45, 7) is 1.42. The second-order valence-corrected chi connectivity index (χ2v) is 15.2. The van der Waals surface area contributed by atoms with E-state index in [0.29, 0.717) is 53.5 Å². The van der Waals surface area contributed by atoms with Crippen molar-refractivity contribution in [1.82, 2.24) is 15.3 Å². The molecular weight excluding hydrogens is 723 g/mol. The summed E-state index contributed by atoms with van der Waals surface area (Å²) in [4.78, 5) is 8.83. The first-order valence-electron chi connectivity index (χ1n) is 14.1. The zero-order chi connectivity index (χ0) is 36.2. The molecule has 0 aliphatic carbocycles. The topological polar surface area (TPSA) is 198 Å². The molecule has 49 heavy (non-hydrogen) atoms. The van der Waals surface area contributed by atoms with E-state index in [1.54, 1.807) is 30.5 Å². The number of nitrogens with zero attached hydrogens (tertiary/aromatic N) is 2. The van der Waals surface area contributed by atoms with Crippen LogP contribution in [0.2, 0.25) is 5.02 Å². The Balaban J connectivity index is 0.000000571. The van der Waals surface area contributed by atoms with Crippen molar-refractivity contribution in [3.63, 3.8) is 0 Å². The fourth-order valence-corrected chi connectivity index (χ4v) is 4.65. The normalized spacial score (nSPS) is 11.9. The van der Waals surface area contributed by atoms with Crippen LogP contribution in [0.5, 0.6) is 5.75 Å². The second kappa shape index (κ2) is 18.1. The van der Waals surface area contributed by atoms with Gasteiger partial charge < -0.3 is 19.8 Å². The number of benzene rings is 3. The van der Waals surface area contributed by atoms with Crippen LogP contribution in [0.3, 0.4) is 0 Å². The number of fused-ring (bicyclic) bond motifs is 1. The van der Waals surface area contributed by atoms with Gasteiger partial charge >= 0.3 is 0 Å². The first-order valence-corrected chi connectivity index (χ1v) is 19.9.